The summed E-state index contributed by atoms with van der Waals surface area (Å²) < 4.78 is 26.5. The number of likely N-dealkylation sites (N-methyl/N-ethyl adjacent to an activating group) is 1. The second kappa shape index (κ2) is 6.55. The Hall–Kier alpha value is -1.78. The quantitative estimate of drug-likeness (QED) is 0.857. The molecule has 1 aliphatic heterocycles. The Kier molecular flexibility index (Phi) is 4.50. The predicted octanol–water partition coefficient (Wildman–Crippen LogP) is 3.45. The second-order valence-electron chi connectivity index (χ2n) is 5.91. The smallest absolute Gasteiger partial charge is 0.159 e. The fraction of sp³-hybridized carbons (Fsp3) is 0.333. The van der Waals surface area contributed by atoms with Gasteiger partial charge in [0.05, 0.1) is 0 Å². The van der Waals surface area contributed by atoms with Gasteiger partial charge in [0.2, 0.25) is 0 Å². The number of hydrogen-bond donors (Lipinski definition) is 0. The van der Waals surface area contributed by atoms with Gasteiger partial charge in [0.15, 0.2) is 11.6 Å². The van der Waals surface area contributed by atoms with Crippen LogP contribution in [0.5, 0.6) is 0 Å². The summed E-state index contributed by atoms with van der Waals surface area (Å²) >= 11 is 0. The molecule has 1 heterocycles. The lowest BCUT2D eigenvalue weighted by atomic mass is 10.0. The van der Waals surface area contributed by atoms with E-state index in [-0.39, 0.29) is 6.04 Å². The highest BCUT2D eigenvalue weighted by Crippen LogP contribution is 2.26. The van der Waals surface area contributed by atoms with Crippen molar-refractivity contribution in [3.05, 3.63) is 71.3 Å². The van der Waals surface area contributed by atoms with Crippen LogP contribution in [0.1, 0.15) is 17.2 Å². The zero-order chi connectivity index (χ0) is 15.5. The van der Waals surface area contributed by atoms with Crippen LogP contribution in [0.25, 0.3) is 0 Å². The van der Waals surface area contributed by atoms with E-state index in [0.717, 1.165) is 25.2 Å². The van der Waals surface area contributed by atoms with Crippen LogP contribution in [0.15, 0.2) is 48.5 Å². The molecule has 0 N–H and O–H groups in total. The van der Waals surface area contributed by atoms with Crippen LogP contribution >= 0.6 is 0 Å². The summed E-state index contributed by atoms with van der Waals surface area (Å²) in [6.45, 7) is 3.46. The van der Waals surface area contributed by atoms with Gasteiger partial charge in [-0.3, -0.25) is 4.90 Å². The van der Waals surface area contributed by atoms with Crippen LogP contribution in [0, 0.1) is 11.6 Å². The minimum atomic E-state index is -0.790. The molecule has 0 saturated carbocycles. The number of hydrogen-bond acceptors (Lipinski definition) is 2. The van der Waals surface area contributed by atoms with Crippen LogP contribution in [0.2, 0.25) is 0 Å². The first kappa shape index (κ1) is 15.1. The maximum Gasteiger partial charge on any atom is 0.159 e. The molecule has 2 nitrogen and oxygen atoms in total. The largest absolute Gasteiger partial charge is 0.303 e. The lowest BCUT2D eigenvalue weighted by Gasteiger charge is -2.40. The lowest BCUT2D eigenvalue weighted by Crippen LogP contribution is -2.46. The molecular formula is C18H20F2N2. The molecule has 0 spiro atoms. The fourth-order valence-electron chi connectivity index (χ4n) is 3.01. The summed E-state index contributed by atoms with van der Waals surface area (Å²) in [5, 5.41) is 0. The molecule has 22 heavy (non-hydrogen) atoms. The SMILES string of the molecule is CN1CCN(Cc2ccc(F)c(F)c2)C(c2ccccc2)C1. The van der Waals surface area contributed by atoms with Gasteiger partial charge in [0, 0.05) is 32.2 Å². The topological polar surface area (TPSA) is 6.48 Å². The van der Waals surface area contributed by atoms with E-state index in [9.17, 15) is 8.78 Å². The van der Waals surface area contributed by atoms with Crippen LogP contribution in [0.4, 0.5) is 8.78 Å². The Labute approximate surface area is 130 Å². The average molecular weight is 302 g/mol. The molecule has 116 valence electrons. The van der Waals surface area contributed by atoms with E-state index in [4.69, 9.17) is 0 Å². The van der Waals surface area contributed by atoms with Crippen molar-refractivity contribution in [3.8, 4) is 0 Å². The number of piperazine rings is 1. The van der Waals surface area contributed by atoms with E-state index >= 15 is 0 Å². The molecule has 0 bridgehead atoms. The van der Waals surface area contributed by atoms with E-state index < -0.39 is 11.6 Å². The Morgan fingerprint density at radius 2 is 1.77 bits per heavy atom. The second-order valence-corrected chi connectivity index (χ2v) is 5.91. The molecule has 1 saturated heterocycles. The third kappa shape index (κ3) is 3.34. The van der Waals surface area contributed by atoms with Gasteiger partial charge in [-0.1, -0.05) is 36.4 Å². The van der Waals surface area contributed by atoms with Crippen LogP contribution < -0.4 is 0 Å². The summed E-state index contributed by atoms with van der Waals surface area (Å²) in [5.74, 6) is -1.57. The minimum Gasteiger partial charge on any atom is -0.303 e. The number of rotatable bonds is 3. The Morgan fingerprint density at radius 3 is 2.50 bits per heavy atom. The van der Waals surface area contributed by atoms with Gasteiger partial charge in [-0.25, -0.2) is 8.78 Å². The van der Waals surface area contributed by atoms with Crippen molar-refractivity contribution >= 4 is 0 Å². The van der Waals surface area contributed by atoms with Crippen molar-refractivity contribution in [2.24, 2.45) is 0 Å². The summed E-state index contributed by atoms with van der Waals surface area (Å²) in [4.78, 5) is 4.64. The van der Waals surface area contributed by atoms with Gasteiger partial charge in [-0.15, -0.1) is 0 Å². The van der Waals surface area contributed by atoms with Crippen molar-refractivity contribution in [2.45, 2.75) is 12.6 Å². The highest BCUT2D eigenvalue weighted by Gasteiger charge is 2.26. The number of nitrogens with zero attached hydrogens (tertiary/aromatic N) is 2. The van der Waals surface area contributed by atoms with E-state index in [1.807, 2.05) is 18.2 Å². The number of benzene rings is 2. The molecule has 0 aliphatic carbocycles. The first-order valence-electron chi connectivity index (χ1n) is 7.55. The normalized spacial score (nSPS) is 20.2. The van der Waals surface area contributed by atoms with Crippen molar-refractivity contribution in [1.82, 2.24) is 9.80 Å². The Morgan fingerprint density at radius 1 is 1.00 bits per heavy atom. The van der Waals surface area contributed by atoms with Gasteiger partial charge in [-0.2, -0.15) is 0 Å². The third-order valence-corrected chi connectivity index (χ3v) is 4.25. The molecule has 4 heteroatoms. The third-order valence-electron chi connectivity index (χ3n) is 4.25. The van der Waals surface area contributed by atoms with E-state index in [1.165, 1.54) is 17.7 Å². The Bertz CT molecular complexity index is 630. The molecule has 0 radical (unpaired) electrons. The van der Waals surface area contributed by atoms with Crippen molar-refractivity contribution in [1.29, 1.82) is 0 Å². The maximum absolute atomic E-state index is 13.4. The molecule has 2 aromatic carbocycles. The Balaban J connectivity index is 1.82. The van der Waals surface area contributed by atoms with Gasteiger partial charge >= 0.3 is 0 Å². The summed E-state index contributed by atoms with van der Waals surface area (Å²) in [6.07, 6.45) is 0. The molecule has 3 rings (SSSR count). The standard InChI is InChI=1S/C18H20F2N2/c1-21-9-10-22(12-14-7-8-16(19)17(20)11-14)18(13-21)15-5-3-2-4-6-15/h2-8,11,18H,9-10,12-13H2,1H3. The maximum atomic E-state index is 13.4. The van der Waals surface area contributed by atoms with Crippen molar-refractivity contribution < 1.29 is 8.78 Å². The van der Waals surface area contributed by atoms with Gasteiger partial charge in [0.25, 0.3) is 0 Å². The first-order valence-corrected chi connectivity index (χ1v) is 7.55. The minimum absolute atomic E-state index is 0.271. The fourth-order valence-corrected chi connectivity index (χ4v) is 3.01. The summed E-state index contributed by atoms with van der Waals surface area (Å²) in [5.41, 5.74) is 2.07. The summed E-state index contributed by atoms with van der Waals surface area (Å²) in [6, 6.07) is 14.8. The number of halogens is 2. The highest BCUT2D eigenvalue weighted by molar-refractivity contribution is 5.22. The molecule has 0 aromatic heterocycles. The predicted molar refractivity (Wildman–Crippen MR) is 83.4 cm³/mol. The van der Waals surface area contributed by atoms with E-state index in [1.54, 1.807) is 6.07 Å². The van der Waals surface area contributed by atoms with Gasteiger partial charge < -0.3 is 4.90 Å². The molecule has 2 aromatic rings. The first-order chi connectivity index (χ1) is 10.6. The average Bonchev–Trinajstić information content (AvgIpc) is 2.53. The van der Waals surface area contributed by atoms with Crippen LogP contribution in [0.3, 0.4) is 0 Å². The van der Waals surface area contributed by atoms with Crippen molar-refractivity contribution in [3.63, 3.8) is 0 Å². The zero-order valence-corrected chi connectivity index (χ0v) is 12.7. The van der Waals surface area contributed by atoms with Crippen molar-refractivity contribution in [2.75, 3.05) is 26.7 Å². The van der Waals surface area contributed by atoms with Gasteiger partial charge in [0.1, 0.15) is 0 Å². The van der Waals surface area contributed by atoms with Crippen LogP contribution in [-0.4, -0.2) is 36.5 Å². The van der Waals surface area contributed by atoms with E-state index in [2.05, 4.69) is 29.0 Å². The molecule has 1 atom stereocenters. The van der Waals surface area contributed by atoms with Gasteiger partial charge in [-0.05, 0) is 30.3 Å². The molecule has 0 amide bonds. The molecule has 1 unspecified atom stereocenters. The lowest BCUT2D eigenvalue weighted by molar-refractivity contribution is 0.0832. The molecule has 1 aliphatic rings. The highest BCUT2D eigenvalue weighted by atomic mass is 19.2. The monoisotopic (exact) mass is 302 g/mol. The zero-order valence-electron chi connectivity index (χ0n) is 12.7. The van der Waals surface area contributed by atoms with Crippen LogP contribution in [-0.2, 0) is 6.54 Å². The molecular weight excluding hydrogens is 282 g/mol. The summed E-state index contributed by atoms with van der Waals surface area (Å²) in [7, 11) is 2.12. The van der Waals surface area contributed by atoms with E-state index in [0.29, 0.717) is 6.54 Å². The molecule has 1 fully saturated rings.